The Morgan fingerprint density at radius 1 is 1.37 bits per heavy atom. The van der Waals surface area contributed by atoms with E-state index in [0.29, 0.717) is 29.8 Å². The summed E-state index contributed by atoms with van der Waals surface area (Å²) in [6.07, 6.45) is 0. The molecule has 6 heteroatoms. The molecular weight excluding hydrogens is 266 g/mol. The lowest BCUT2D eigenvalue weighted by molar-refractivity contribution is 0.192. The number of hydrogen-bond acceptors (Lipinski definition) is 5. The van der Waals surface area contributed by atoms with Crippen LogP contribution in [0.2, 0.25) is 5.02 Å². The van der Waals surface area contributed by atoms with Crippen LogP contribution in [0.1, 0.15) is 12.7 Å². The van der Waals surface area contributed by atoms with E-state index in [1.54, 1.807) is 6.07 Å². The molecule has 0 atom stereocenters. The fraction of sp³-hybridized carbons (Fsp3) is 0.385. The lowest BCUT2D eigenvalue weighted by Gasteiger charge is -2.16. The van der Waals surface area contributed by atoms with Gasteiger partial charge in [0.2, 0.25) is 0 Å². The SMILES string of the molecule is CCN(CCO)Cc1noc(-c2ccccc2Cl)n1. The summed E-state index contributed by atoms with van der Waals surface area (Å²) >= 11 is 6.08. The highest BCUT2D eigenvalue weighted by atomic mass is 35.5. The third kappa shape index (κ3) is 3.53. The van der Waals surface area contributed by atoms with Gasteiger partial charge in [0.25, 0.3) is 5.89 Å². The van der Waals surface area contributed by atoms with Crippen LogP contribution < -0.4 is 0 Å². The third-order valence-corrected chi connectivity index (χ3v) is 3.13. The van der Waals surface area contributed by atoms with Gasteiger partial charge in [0.15, 0.2) is 5.82 Å². The van der Waals surface area contributed by atoms with E-state index in [-0.39, 0.29) is 6.61 Å². The maximum Gasteiger partial charge on any atom is 0.259 e. The lowest BCUT2D eigenvalue weighted by atomic mass is 10.2. The first-order chi connectivity index (χ1) is 9.24. The first-order valence-electron chi connectivity index (χ1n) is 6.15. The average Bonchev–Trinajstić information content (AvgIpc) is 2.87. The highest BCUT2D eigenvalue weighted by Crippen LogP contribution is 2.25. The Labute approximate surface area is 116 Å². The summed E-state index contributed by atoms with van der Waals surface area (Å²) in [5, 5.41) is 13.5. The van der Waals surface area contributed by atoms with Crippen molar-refractivity contribution in [1.82, 2.24) is 15.0 Å². The number of benzene rings is 1. The first kappa shape index (κ1) is 14.0. The van der Waals surface area contributed by atoms with Gasteiger partial charge >= 0.3 is 0 Å². The summed E-state index contributed by atoms with van der Waals surface area (Å²) < 4.78 is 5.22. The highest BCUT2D eigenvalue weighted by Gasteiger charge is 2.13. The number of aliphatic hydroxyl groups excluding tert-OH is 1. The minimum Gasteiger partial charge on any atom is -0.395 e. The van der Waals surface area contributed by atoms with Gasteiger partial charge in [0.1, 0.15) is 0 Å². The van der Waals surface area contributed by atoms with Crippen molar-refractivity contribution in [2.75, 3.05) is 19.7 Å². The van der Waals surface area contributed by atoms with E-state index >= 15 is 0 Å². The number of likely N-dealkylation sites (N-methyl/N-ethyl adjacent to an activating group) is 1. The van der Waals surface area contributed by atoms with Crippen molar-refractivity contribution < 1.29 is 9.63 Å². The Morgan fingerprint density at radius 2 is 2.16 bits per heavy atom. The molecule has 2 aromatic rings. The predicted molar refractivity (Wildman–Crippen MR) is 72.8 cm³/mol. The molecule has 1 N–H and O–H groups in total. The largest absolute Gasteiger partial charge is 0.395 e. The van der Waals surface area contributed by atoms with Crippen LogP contribution in [0, 0.1) is 0 Å². The van der Waals surface area contributed by atoms with E-state index in [9.17, 15) is 0 Å². The molecule has 0 saturated heterocycles. The maximum absolute atomic E-state index is 8.94. The number of halogens is 1. The molecule has 102 valence electrons. The molecule has 0 radical (unpaired) electrons. The van der Waals surface area contributed by atoms with Crippen molar-refractivity contribution in [3.05, 3.63) is 35.1 Å². The summed E-state index contributed by atoms with van der Waals surface area (Å²) in [6, 6.07) is 7.34. The van der Waals surface area contributed by atoms with E-state index in [4.69, 9.17) is 21.2 Å². The van der Waals surface area contributed by atoms with E-state index in [1.807, 2.05) is 30.0 Å². The van der Waals surface area contributed by atoms with E-state index in [2.05, 4.69) is 10.1 Å². The fourth-order valence-corrected chi connectivity index (χ4v) is 1.97. The van der Waals surface area contributed by atoms with Crippen LogP contribution in [0.4, 0.5) is 0 Å². The zero-order valence-electron chi connectivity index (χ0n) is 10.7. The van der Waals surface area contributed by atoms with Gasteiger partial charge in [-0.15, -0.1) is 0 Å². The molecule has 0 fully saturated rings. The van der Waals surface area contributed by atoms with Crippen LogP contribution in [0.15, 0.2) is 28.8 Å². The molecular formula is C13H16ClN3O2. The summed E-state index contributed by atoms with van der Waals surface area (Å²) in [4.78, 5) is 6.35. The second-order valence-electron chi connectivity index (χ2n) is 4.09. The highest BCUT2D eigenvalue weighted by molar-refractivity contribution is 6.33. The summed E-state index contributed by atoms with van der Waals surface area (Å²) in [7, 11) is 0. The molecule has 0 aliphatic carbocycles. The van der Waals surface area contributed by atoms with Crippen LogP contribution >= 0.6 is 11.6 Å². The number of rotatable bonds is 6. The van der Waals surface area contributed by atoms with Gasteiger partial charge in [-0.2, -0.15) is 4.98 Å². The monoisotopic (exact) mass is 281 g/mol. The Kier molecular flexibility index (Phi) is 4.90. The normalized spacial score (nSPS) is 11.2. The van der Waals surface area contributed by atoms with Gasteiger partial charge < -0.3 is 9.63 Å². The topological polar surface area (TPSA) is 62.4 Å². The molecule has 0 bridgehead atoms. The van der Waals surface area contributed by atoms with Gasteiger partial charge in [0.05, 0.1) is 23.7 Å². The van der Waals surface area contributed by atoms with E-state index < -0.39 is 0 Å². The number of nitrogens with zero attached hydrogens (tertiary/aromatic N) is 3. The van der Waals surface area contributed by atoms with E-state index in [0.717, 1.165) is 12.1 Å². The fourth-order valence-electron chi connectivity index (χ4n) is 1.75. The average molecular weight is 282 g/mol. The van der Waals surface area contributed by atoms with Gasteiger partial charge in [-0.05, 0) is 18.7 Å². The second-order valence-corrected chi connectivity index (χ2v) is 4.50. The van der Waals surface area contributed by atoms with Crippen molar-refractivity contribution >= 4 is 11.6 Å². The first-order valence-corrected chi connectivity index (χ1v) is 6.53. The summed E-state index contributed by atoms with van der Waals surface area (Å²) in [5.74, 6) is 1.01. The number of aliphatic hydroxyl groups is 1. The number of hydrogen-bond donors (Lipinski definition) is 1. The molecule has 1 heterocycles. The van der Waals surface area contributed by atoms with Crippen LogP contribution in [0.5, 0.6) is 0 Å². The molecule has 0 spiro atoms. The van der Waals surface area contributed by atoms with Gasteiger partial charge in [0, 0.05) is 6.54 Å². The molecule has 19 heavy (non-hydrogen) atoms. The van der Waals surface area contributed by atoms with Crippen molar-refractivity contribution in [3.8, 4) is 11.5 Å². The summed E-state index contributed by atoms with van der Waals surface area (Å²) in [6.45, 7) is 4.09. The van der Waals surface area contributed by atoms with Gasteiger partial charge in [-0.25, -0.2) is 0 Å². The van der Waals surface area contributed by atoms with Crippen LogP contribution in [-0.4, -0.2) is 39.8 Å². The van der Waals surface area contributed by atoms with Crippen LogP contribution in [0.3, 0.4) is 0 Å². The second kappa shape index (κ2) is 6.65. The van der Waals surface area contributed by atoms with Crippen molar-refractivity contribution in [3.63, 3.8) is 0 Å². The maximum atomic E-state index is 8.94. The molecule has 1 aromatic heterocycles. The minimum absolute atomic E-state index is 0.114. The van der Waals surface area contributed by atoms with Crippen molar-refractivity contribution in [2.45, 2.75) is 13.5 Å². The van der Waals surface area contributed by atoms with Gasteiger partial charge in [-0.3, -0.25) is 4.90 Å². The predicted octanol–water partition coefficient (Wildman–Crippen LogP) is 2.20. The van der Waals surface area contributed by atoms with E-state index in [1.165, 1.54) is 0 Å². The number of aromatic nitrogens is 2. The molecule has 0 aliphatic rings. The quantitative estimate of drug-likeness (QED) is 0.879. The zero-order valence-corrected chi connectivity index (χ0v) is 11.5. The Hall–Kier alpha value is -1.43. The zero-order chi connectivity index (χ0) is 13.7. The standard InChI is InChI=1S/C13H16ClN3O2/c1-2-17(7-8-18)9-12-15-13(19-16-12)10-5-3-4-6-11(10)14/h3-6,18H,2,7-9H2,1H3. The molecule has 5 nitrogen and oxygen atoms in total. The Morgan fingerprint density at radius 3 is 2.84 bits per heavy atom. The molecule has 0 saturated carbocycles. The van der Waals surface area contributed by atoms with Gasteiger partial charge in [-0.1, -0.05) is 35.8 Å². The molecule has 0 aliphatic heterocycles. The molecule has 0 amide bonds. The van der Waals surface area contributed by atoms with Crippen molar-refractivity contribution in [2.24, 2.45) is 0 Å². The third-order valence-electron chi connectivity index (χ3n) is 2.80. The van der Waals surface area contributed by atoms with Crippen molar-refractivity contribution in [1.29, 1.82) is 0 Å². The molecule has 0 unspecified atom stereocenters. The Balaban J connectivity index is 2.13. The van der Waals surface area contributed by atoms with Crippen LogP contribution in [-0.2, 0) is 6.54 Å². The van der Waals surface area contributed by atoms with Crippen LogP contribution in [0.25, 0.3) is 11.5 Å². The smallest absolute Gasteiger partial charge is 0.259 e. The molecule has 1 aromatic carbocycles. The lowest BCUT2D eigenvalue weighted by Crippen LogP contribution is -2.26. The summed E-state index contributed by atoms with van der Waals surface area (Å²) in [5.41, 5.74) is 0.730. The molecule has 2 rings (SSSR count). The Bertz CT molecular complexity index is 530. The minimum atomic E-state index is 0.114.